The molecular formula is C17H16ClF3N6OS. The van der Waals surface area contributed by atoms with Crippen molar-refractivity contribution in [1.29, 1.82) is 0 Å². The van der Waals surface area contributed by atoms with Gasteiger partial charge in [-0.05, 0) is 19.1 Å². The number of benzene rings is 1. The Bertz CT molecular complexity index is 987. The Labute approximate surface area is 173 Å². The molecule has 0 fully saturated rings. The van der Waals surface area contributed by atoms with E-state index in [2.05, 4.69) is 30.8 Å². The number of thiazole rings is 1. The molecule has 1 aromatic carbocycles. The smallest absolute Gasteiger partial charge is 0.357 e. The summed E-state index contributed by atoms with van der Waals surface area (Å²) >= 11 is 6.88. The first-order valence-electron chi connectivity index (χ1n) is 8.47. The Morgan fingerprint density at radius 3 is 2.79 bits per heavy atom. The third-order valence-corrected chi connectivity index (χ3v) is 4.60. The number of guanidine groups is 1. The fourth-order valence-electron chi connectivity index (χ4n) is 2.23. The number of alkyl halides is 3. The highest BCUT2D eigenvalue weighted by Gasteiger charge is 2.33. The first-order chi connectivity index (χ1) is 13.8. The highest BCUT2D eigenvalue weighted by Crippen LogP contribution is 2.29. The lowest BCUT2D eigenvalue weighted by Crippen LogP contribution is -2.36. The monoisotopic (exact) mass is 444 g/mol. The largest absolute Gasteiger partial charge is 0.434 e. The number of aromatic nitrogens is 3. The summed E-state index contributed by atoms with van der Waals surface area (Å²) in [4.78, 5) is 12.1. The summed E-state index contributed by atoms with van der Waals surface area (Å²) < 4.78 is 43.1. The molecule has 12 heteroatoms. The van der Waals surface area contributed by atoms with Crippen LogP contribution in [0, 0.1) is 0 Å². The molecule has 0 atom stereocenters. The summed E-state index contributed by atoms with van der Waals surface area (Å²) in [5.74, 6) is 1.06. The molecule has 0 aliphatic heterocycles. The van der Waals surface area contributed by atoms with Gasteiger partial charge in [0.15, 0.2) is 11.7 Å². The second-order valence-electron chi connectivity index (χ2n) is 5.70. The first-order valence-corrected chi connectivity index (χ1v) is 9.73. The van der Waals surface area contributed by atoms with E-state index in [0.29, 0.717) is 33.9 Å². The maximum atomic E-state index is 12.6. The van der Waals surface area contributed by atoms with E-state index in [1.165, 1.54) is 0 Å². The van der Waals surface area contributed by atoms with Gasteiger partial charge in [-0.15, -0.1) is 11.3 Å². The van der Waals surface area contributed by atoms with Crippen molar-refractivity contribution in [3.63, 3.8) is 0 Å². The van der Waals surface area contributed by atoms with E-state index in [1.807, 2.05) is 6.92 Å². The number of hydrogen-bond acceptors (Lipinski definition) is 6. The quantitative estimate of drug-likeness (QED) is 0.439. The summed E-state index contributed by atoms with van der Waals surface area (Å²) in [7, 11) is 0. The Kier molecular flexibility index (Phi) is 6.70. The Morgan fingerprint density at radius 2 is 2.10 bits per heavy atom. The molecule has 0 amide bonds. The summed E-state index contributed by atoms with van der Waals surface area (Å²) in [5, 5.41) is 11.7. The third-order valence-electron chi connectivity index (χ3n) is 3.52. The fraction of sp³-hybridized carbons (Fsp3) is 0.294. The maximum absolute atomic E-state index is 12.6. The predicted octanol–water partition coefficient (Wildman–Crippen LogP) is 4.12. The van der Waals surface area contributed by atoms with Gasteiger partial charge in [-0.2, -0.15) is 18.2 Å². The van der Waals surface area contributed by atoms with Crippen molar-refractivity contribution in [1.82, 2.24) is 25.8 Å². The molecule has 3 rings (SSSR count). The molecule has 154 valence electrons. The molecule has 3 aromatic rings. The normalized spacial score (nSPS) is 12.2. The number of nitrogens with one attached hydrogen (secondary N) is 2. The van der Waals surface area contributed by atoms with Crippen LogP contribution in [0.4, 0.5) is 13.2 Å². The number of halogens is 4. The van der Waals surface area contributed by atoms with E-state index in [1.54, 1.807) is 24.3 Å². The van der Waals surface area contributed by atoms with E-state index in [0.717, 1.165) is 16.7 Å². The van der Waals surface area contributed by atoms with Crippen molar-refractivity contribution in [2.75, 3.05) is 6.54 Å². The number of rotatable bonds is 6. The lowest BCUT2D eigenvalue weighted by Gasteiger charge is -2.09. The molecule has 7 nitrogen and oxygen atoms in total. The SMILES string of the molecule is CCNC(=NCc1nc(-c2cccc(Cl)c2)no1)NCc1nc(C(F)(F)F)cs1. The van der Waals surface area contributed by atoms with Crippen molar-refractivity contribution in [2.24, 2.45) is 4.99 Å². The zero-order valence-electron chi connectivity index (χ0n) is 15.1. The molecule has 0 radical (unpaired) electrons. The molecule has 0 saturated carbocycles. The molecule has 2 heterocycles. The van der Waals surface area contributed by atoms with Crippen LogP contribution in [0.25, 0.3) is 11.4 Å². The van der Waals surface area contributed by atoms with Gasteiger partial charge < -0.3 is 15.2 Å². The summed E-state index contributed by atoms with van der Waals surface area (Å²) in [6.07, 6.45) is -4.45. The molecular weight excluding hydrogens is 429 g/mol. The molecule has 0 aliphatic rings. The van der Waals surface area contributed by atoms with Gasteiger partial charge in [0.25, 0.3) is 0 Å². The molecule has 0 spiro atoms. The summed E-state index contributed by atoms with van der Waals surface area (Å²) in [6.45, 7) is 2.63. The van der Waals surface area contributed by atoms with Crippen LogP contribution in [-0.4, -0.2) is 27.6 Å². The number of hydrogen-bond donors (Lipinski definition) is 2. The zero-order valence-corrected chi connectivity index (χ0v) is 16.7. The molecule has 2 N–H and O–H groups in total. The van der Waals surface area contributed by atoms with E-state index in [9.17, 15) is 13.2 Å². The van der Waals surface area contributed by atoms with Crippen LogP contribution in [0.5, 0.6) is 0 Å². The summed E-state index contributed by atoms with van der Waals surface area (Å²) in [5.41, 5.74) is -0.189. The Hall–Kier alpha value is -2.66. The van der Waals surface area contributed by atoms with E-state index in [-0.39, 0.29) is 19.0 Å². The Balaban J connectivity index is 1.63. The molecule has 0 saturated heterocycles. The van der Waals surface area contributed by atoms with Crippen LogP contribution < -0.4 is 10.6 Å². The van der Waals surface area contributed by atoms with Crippen molar-refractivity contribution in [3.8, 4) is 11.4 Å². The van der Waals surface area contributed by atoms with E-state index in [4.69, 9.17) is 16.1 Å². The van der Waals surface area contributed by atoms with E-state index < -0.39 is 11.9 Å². The van der Waals surface area contributed by atoms with Crippen LogP contribution in [0.15, 0.2) is 39.2 Å². The van der Waals surface area contributed by atoms with Gasteiger partial charge in [0.2, 0.25) is 11.7 Å². The van der Waals surface area contributed by atoms with Gasteiger partial charge >= 0.3 is 6.18 Å². The average Bonchev–Trinajstić information content (AvgIpc) is 3.33. The highest BCUT2D eigenvalue weighted by molar-refractivity contribution is 7.09. The van der Waals surface area contributed by atoms with Crippen LogP contribution >= 0.6 is 22.9 Å². The van der Waals surface area contributed by atoms with Crippen LogP contribution in [0.2, 0.25) is 5.02 Å². The first kappa shape index (κ1) is 21.1. The Morgan fingerprint density at radius 1 is 1.28 bits per heavy atom. The fourth-order valence-corrected chi connectivity index (χ4v) is 3.16. The van der Waals surface area contributed by atoms with Gasteiger partial charge in [-0.25, -0.2) is 9.98 Å². The molecule has 29 heavy (non-hydrogen) atoms. The van der Waals surface area contributed by atoms with Crippen molar-refractivity contribution in [3.05, 3.63) is 51.3 Å². The number of nitrogens with zero attached hydrogens (tertiary/aromatic N) is 4. The van der Waals surface area contributed by atoms with Gasteiger partial charge in [-0.1, -0.05) is 28.9 Å². The van der Waals surface area contributed by atoms with E-state index >= 15 is 0 Å². The van der Waals surface area contributed by atoms with Crippen LogP contribution in [0.1, 0.15) is 23.5 Å². The lowest BCUT2D eigenvalue weighted by atomic mass is 10.2. The van der Waals surface area contributed by atoms with Crippen molar-refractivity contribution in [2.45, 2.75) is 26.2 Å². The van der Waals surface area contributed by atoms with Crippen LogP contribution in [0.3, 0.4) is 0 Å². The zero-order chi connectivity index (χ0) is 20.9. The molecule has 2 aromatic heterocycles. The summed E-state index contributed by atoms with van der Waals surface area (Å²) in [6, 6.07) is 7.04. The standard InChI is InChI=1S/C17H16ClF3N6OS/c1-2-22-16(24-8-14-25-12(9-29-14)17(19,20)21)23-7-13-26-15(27-28-13)10-4-3-5-11(18)6-10/h3-6,9H,2,7-8H2,1H3,(H2,22,23,24). The van der Waals surface area contributed by atoms with Gasteiger partial charge in [-0.3, -0.25) is 0 Å². The minimum Gasteiger partial charge on any atom is -0.357 e. The van der Waals surface area contributed by atoms with Crippen LogP contribution in [-0.2, 0) is 19.3 Å². The highest BCUT2D eigenvalue weighted by atomic mass is 35.5. The molecule has 0 bridgehead atoms. The van der Waals surface area contributed by atoms with Gasteiger partial charge in [0.05, 0.1) is 6.54 Å². The van der Waals surface area contributed by atoms with Crippen molar-refractivity contribution < 1.29 is 17.7 Å². The van der Waals surface area contributed by atoms with Crippen molar-refractivity contribution >= 4 is 28.9 Å². The second-order valence-corrected chi connectivity index (χ2v) is 7.07. The third kappa shape index (κ3) is 5.91. The van der Waals surface area contributed by atoms with Gasteiger partial charge in [0.1, 0.15) is 11.6 Å². The minimum atomic E-state index is -4.45. The molecule has 0 unspecified atom stereocenters. The second kappa shape index (κ2) is 9.23. The number of aliphatic imine (C=N–C) groups is 1. The topological polar surface area (TPSA) is 88.2 Å². The average molecular weight is 445 g/mol. The van der Waals surface area contributed by atoms with Gasteiger partial charge in [0, 0.05) is 22.5 Å². The predicted molar refractivity (Wildman–Crippen MR) is 104 cm³/mol. The lowest BCUT2D eigenvalue weighted by molar-refractivity contribution is -0.140. The maximum Gasteiger partial charge on any atom is 0.434 e. The minimum absolute atomic E-state index is 0.0918. The molecule has 0 aliphatic carbocycles.